The molecule has 5 nitrogen and oxygen atoms in total. The molecule has 0 spiro atoms. The van der Waals surface area contributed by atoms with E-state index in [9.17, 15) is 8.42 Å². The van der Waals surface area contributed by atoms with Crippen LogP contribution in [0.25, 0.3) is 0 Å². The van der Waals surface area contributed by atoms with Crippen LogP contribution in [0, 0.1) is 0 Å². The molecule has 0 aliphatic carbocycles. The fourth-order valence-corrected chi connectivity index (χ4v) is 2.96. The van der Waals surface area contributed by atoms with Gasteiger partial charge in [0.2, 0.25) is 10.0 Å². The molecule has 0 bridgehead atoms. The van der Waals surface area contributed by atoms with Crippen LogP contribution in [0.15, 0.2) is 17.2 Å². The Morgan fingerprint density at radius 2 is 2.11 bits per heavy atom. The van der Waals surface area contributed by atoms with Gasteiger partial charge >= 0.3 is 0 Å². The Labute approximate surface area is 113 Å². The summed E-state index contributed by atoms with van der Waals surface area (Å²) < 4.78 is 28.4. The van der Waals surface area contributed by atoms with Crippen molar-refractivity contribution in [3.63, 3.8) is 0 Å². The van der Waals surface area contributed by atoms with E-state index in [0.717, 1.165) is 5.69 Å². The molecule has 0 atom stereocenters. The molecule has 0 fully saturated rings. The number of nitrogens with two attached hydrogens (primary N) is 1. The highest BCUT2D eigenvalue weighted by Gasteiger charge is 2.22. The number of hydrogen-bond donors (Lipinski definition) is 2. The van der Waals surface area contributed by atoms with E-state index in [0.29, 0.717) is 13.1 Å². The van der Waals surface area contributed by atoms with Crippen molar-refractivity contribution in [1.82, 2.24) is 9.29 Å². The Kier molecular flexibility index (Phi) is 4.88. The summed E-state index contributed by atoms with van der Waals surface area (Å²) in [4.78, 5) is 0.266. The second-order valence-corrected chi connectivity index (χ2v) is 8.05. The highest BCUT2D eigenvalue weighted by Crippen LogP contribution is 2.21. The van der Waals surface area contributed by atoms with Crippen LogP contribution in [0.5, 0.6) is 0 Å². The maximum atomic E-state index is 12.1. The summed E-state index contributed by atoms with van der Waals surface area (Å²) in [6, 6.07) is 1.61. The van der Waals surface area contributed by atoms with Crippen LogP contribution >= 0.6 is 11.8 Å². The van der Waals surface area contributed by atoms with Crippen molar-refractivity contribution in [2.45, 2.75) is 30.0 Å². The molecule has 1 heterocycles. The van der Waals surface area contributed by atoms with Crippen LogP contribution in [-0.2, 0) is 23.6 Å². The van der Waals surface area contributed by atoms with Gasteiger partial charge in [-0.05, 0) is 26.2 Å². The van der Waals surface area contributed by atoms with Gasteiger partial charge in [-0.3, -0.25) is 0 Å². The molecule has 0 aliphatic rings. The Bertz CT molecular complexity index is 506. The first-order valence-electron chi connectivity index (χ1n) is 5.62. The normalized spacial score (nSPS) is 12.9. The van der Waals surface area contributed by atoms with Gasteiger partial charge in [-0.1, -0.05) is 0 Å². The van der Waals surface area contributed by atoms with Gasteiger partial charge in [0.1, 0.15) is 0 Å². The Hall–Kier alpha value is -0.500. The Morgan fingerprint density at radius 3 is 2.56 bits per heavy atom. The average molecular weight is 291 g/mol. The van der Waals surface area contributed by atoms with Gasteiger partial charge in [-0.25, -0.2) is 13.1 Å². The lowest BCUT2D eigenvalue weighted by molar-refractivity contribution is 0.570. The summed E-state index contributed by atoms with van der Waals surface area (Å²) >= 11 is 1.62. The first-order chi connectivity index (χ1) is 8.22. The smallest absolute Gasteiger partial charge is 0.242 e. The van der Waals surface area contributed by atoms with Crippen LogP contribution in [0.4, 0.5) is 0 Å². The maximum absolute atomic E-state index is 12.1. The largest absolute Gasteiger partial charge is 0.352 e. The van der Waals surface area contributed by atoms with E-state index >= 15 is 0 Å². The van der Waals surface area contributed by atoms with Crippen LogP contribution < -0.4 is 10.5 Å². The molecule has 18 heavy (non-hydrogen) atoms. The van der Waals surface area contributed by atoms with Gasteiger partial charge < -0.3 is 10.3 Å². The van der Waals surface area contributed by atoms with E-state index in [1.165, 1.54) is 0 Å². The molecule has 0 radical (unpaired) electrons. The van der Waals surface area contributed by atoms with Gasteiger partial charge in [0.05, 0.1) is 4.90 Å². The second kappa shape index (κ2) is 5.64. The van der Waals surface area contributed by atoms with Crippen LogP contribution in [-0.4, -0.2) is 30.5 Å². The van der Waals surface area contributed by atoms with Crippen molar-refractivity contribution in [3.05, 3.63) is 18.0 Å². The number of nitrogens with zero attached hydrogens (tertiary/aromatic N) is 1. The van der Waals surface area contributed by atoms with Crippen molar-refractivity contribution in [3.8, 4) is 0 Å². The van der Waals surface area contributed by atoms with Gasteiger partial charge in [-0.2, -0.15) is 11.8 Å². The number of thioether (sulfide) groups is 1. The van der Waals surface area contributed by atoms with Crippen molar-refractivity contribution in [1.29, 1.82) is 0 Å². The molecule has 0 aliphatic heterocycles. The molecule has 0 saturated heterocycles. The Balaban J connectivity index is 2.86. The first-order valence-corrected chi connectivity index (χ1v) is 8.33. The number of aromatic nitrogens is 1. The number of sulfonamides is 1. The monoisotopic (exact) mass is 291 g/mol. The third-order valence-corrected chi connectivity index (χ3v) is 5.46. The van der Waals surface area contributed by atoms with E-state index in [1.807, 2.05) is 20.1 Å². The highest BCUT2D eigenvalue weighted by atomic mass is 32.2. The lowest BCUT2D eigenvalue weighted by Gasteiger charge is -2.21. The number of rotatable bonds is 6. The molecule has 1 rings (SSSR count). The number of hydrogen-bond acceptors (Lipinski definition) is 4. The minimum atomic E-state index is -3.46. The molecule has 1 aromatic rings. The quantitative estimate of drug-likeness (QED) is 0.816. The van der Waals surface area contributed by atoms with Crippen molar-refractivity contribution >= 4 is 21.8 Å². The summed E-state index contributed by atoms with van der Waals surface area (Å²) in [6.45, 7) is 4.71. The summed E-state index contributed by atoms with van der Waals surface area (Å²) in [6.07, 6.45) is 3.54. The SMILES string of the molecule is CSC(C)(C)CNS(=O)(=O)c1cc(CN)n(C)c1. The first kappa shape index (κ1) is 15.6. The molecule has 3 N–H and O–H groups in total. The fraction of sp³-hybridized carbons (Fsp3) is 0.636. The van der Waals surface area contributed by atoms with E-state index in [4.69, 9.17) is 5.73 Å². The zero-order valence-electron chi connectivity index (χ0n) is 11.2. The molecular weight excluding hydrogens is 270 g/mol. The number of nitrogens with one attached hydrogen (secondary N) is 1. The van der Waals surface area contributed by atoms with Crippen LogP contribution in [0.1, 0.15) is 19.5 Å². The van der Waals surface area contributed by atoms with Gasteiger partial charge in [0.15, 0.2) is 0 Å². The second-order valence-electron chi connectivity index (χ2n) is 4.77. The van der Waals surface area contributed by atoms with Crippen molar-refractivity contribution in [2.75, 3.05) is 12.8 Å². The fourth-order valence-electron chi connectivity index (χ4n) is 1.35. The third kappa shape index (κ3) is 3.74. The van der Waals surface area contributed by atoms with Crippen molar-refractivity contribution in [2.24, 2.45) is 12.8 Å². The zero-order chi connectivity index (χ0) is 14.0. The summed E-state index contributed by atoms with van der Waals surface area (Å²) in [5.74, 6) is 0. The zero-order valence-corrected chi connectivity index (χ0v) is 12.9. The summed E-state index contributed by atoms with van der Waals surface area (Å²) in [7, 11) is -1.67. The Morgan fingerprint density at radius 1 is 1.50 bits per heavy atom. The predicted octanol–water partition coefficient (Wildman–Crippen LogP) is 0.904. The summed E-state index contributed by atoms with van der Waals surface area (Å²) in [5, 5.41) is 0. The third-order valence-electron chi connectivity index (χ3n) is 2.84. The predicted molar refractivity (Wildman–Crippen MR) is 76.1 cm³/mol. The maximum Gasteiger partial charge on any atom is 0.242 e. The minimum absolute atomic E-state index is 0.126. The van der Waals surface area contributed by atoms with Gasteiger partial charge in [0.25, 0.3) is 0 Å². The lowest BCUT2D eigenvalue weighted by Crippen LogP contribution is -2.35. The van der Waals surface area contributed by atoms with E-state index in [2.05, 4.69) is 4.72 Å². The number of aryl methyl sites for hydroxylation is 1. The van der Waals surface area contributed by atoms with Gasteiger partial charge in [0, 0.05) is 36.8 Å². The molecule has 104 valence electrons. The summed E-state index contributed by atoms with van der Waals surface area (Å²) in [5.41, 5.74) is 6.32. The molecule has 7 heteroatoms. The van der Waals surface area contributed by atoms with E-state index in [1.54, 1.807) is 35.6 Å². The van der Waals surface area contributed by atoms with E-state index in [-0.39, 0.29) is 9.64 Å². The molecule has 0 aromatic carbocycles. The van der Waals surface area contributed by atoms with Gasteiger partial charge in [-0.15, -0.1) is 0 Å². The van der Waals surface area contributed by atoms with E-state index < -0.39 is 10.0 Å². The minimum Gasteiger partial charge on any atom is -0.352 e. The van der Waals surface area contributed by atoms with Crippen LogP contribution in [0.3, 0.4) is 0 Å². The highest BCUT2D eigenvalue weighted by molar-refractivity contribution is 8.00. The van der Waals surface area contributed by atoms with Crippen molar-refractivity contribution < 1.29 is 8.42 Å². The molecule has 0 amide bonds. The topological polar surface area (TPSA) is 77.1 Å². The molecule has 0 unspecified atom stereocenters. The van der Waals surface area contributed by atoms with Crippen LogP contribution in [0.2, 0.25) is 0 Å². The standard InChI is InChI=1S/C11H21N3O2S2/c1-11(2,17-4)8-13-18(15,16)10-5-9(6-12)14(3)7-10/h5,7,13H,6,8,12H2,1-4H3. The average Bonchev–Trinajstić information content (AvgIpc) is 2.69. The molecule has 1 aromatic heterocycles. The molecule has 0 saturated carbocycles. The molecular formula is C11H21N3O2S2. The lowest BCUT2D eigenvalue weighted by atomic mass is 10.2.